The largest absolute Gasteiger partial charge is 0.508 e. The quantitative estimate of drug-likeness (QED) is 0.837. The molecular formula is C22H25ClN4O2. The maximum Gasteiger partial charge on any atom is 0.290 e. The molecule has 1 aromatic heterocycles. The molecule has 4 rings (SSSR count). The van der Waals surface area contributed by atoms with E-state index in [0.29, 0.717) is 18.0 Å². The van der Waals surface area contributed by atoms with Crippen molar-refractivity contribution in [3.8, 4) is 5.75 Å². The molecule has 2 aliphatic rings. The Kier molecular flexibility index (Phi) is 5.65. The third kappa shape index (κ3) is 4.04. The van der Waals surface area contributed by atoms with Gasteiger partial charge >= 0.3 is 0 Å². The number of hydrogen-bond acceptors (Lipinski definition) is 4. The summed E-state index contributed by atoms with van der Waals surface area (Å²) in [6.07, 6.45) is 10.5. The van der Waals surface area contributed by atoms with Crippen LogP contribution in [-0.4, -0.2) is 45.5 Å². The zero-order valence-electron chi connectivity index (χ0n) is 16.5. The first kappa shape index (κ1) is 19.6. The number of rotatable bonds is 4. The van der Waals surface area contributed by atoms with Crippen LogP contribution in [0.4, 0.5) is 5.69 Å². The van der Waals surface area contributed by atoms with Crippen molar-refractivity contribution in [1.29, 1.82) is 0 Å². The molecular weight excluding hydrogens is 388 g/mol. The van der Waals surface area contributed by atoms with Gasteiger partial charge in [0.2, 0.25) is 0 Å². The zero-order valence-corrected chi connectivity index (χ0v) is 17.2. The molecule has 1 aliphatic carbocycles. The molecule has 0 atom stereocenters. The molecule has 6 nitrogen and oxygen atoms in total. The lowest BCUT2D eigenvalue weighted by Gasteiger charge is -2.36. The van der Waals surface area contributed by atoms with E-state index in [0.717, 1.165) is 43.3 Å². The molecule has 1 aliphatic heterocycles. The van der Waals surface area contributed by atoms with Gasteiger partial charge in [-0.2, -0.15) is 0 Å². The fraction of sp³-hybridized carbons (Fsp3) is 0.318. The fourth-order valence-corrected chi connectivity index (χ4v) is 4.16. The number of piperazine rings is 1. The molecule has 0 unspecified atom stereocenters. The summed E-state index contributed by atoms with van der Waals surface area (Å²) in [5.41, 5.74) is 2.60. The molecule has 2 heterocycles. The third-order valence-electron chi connectivity index (χ3n) is 5.51. The van der Waals surface area contributed by atoms with Crippen LogP contribution in [0.25, 0.3) is 5.70 Å². The fourth-order valence-electron chi connectivity index (χ4n) is 3.90. The smallest absolute Gasteiger partial charge is 0.290 e. The summed E-state index contributed by atoms with van der Waals surface area (Å²) in [6.45, 7) is 4.07. The summed E-state index contributed by atoms with van der Waals surface area (Å²) in [5, 5.41) is 10.00. The second-order valence-electron chi connectivity index (χ2n) is 7.36. The van der Waals surface area contributed by atoms with Gasteiger partial charge in [0, 0.05) is 63.6 Å². The maximum atomic E-state index is 12.8. The van der Waals surface area contributed by atoms with Crippen molar-refractivity contribution in [3.05, 3.63) is 75.7 Å². The Morgan fingerprint density at radius 2 is 1.90 bits per heavy atom. The van der Waals surface area contributed by atoms with Crippen molar-refractivity contribution >= 4 is 23.0 Å². The lowest BCUT2D eigenvalue weighted by Crippen LogP contribution is -2.46. The van der Waals surface area contributed by atoms with E-state index in [9.17, 15) is 9.90 Å². The van der Waals surface area contributed by atoms with Gasteiger partial charge in [-0.05, 0) is 18.2 Å². The lowest BCUT2D eigenvalue weighted by molar-refractivity contribution is 0.243. The first-order valence-corrected chi connectivity index (χ1v) is 10.2. The van der Waals surface area contributed by atoms with Crippen LogP contribution < -0.4 is 10.5 Å². The van der Waals surface area contributed by atoms with Gasteiger partial charge in [0.25, 0.3) is 5.56 Å². The summed E-state index contributed by atoms with van der Waals surface area (Å²) in [7, 11) is 1.89. The predicted octanol–water partition coefficient (Wildman–Crippen LogP) is 3.23. The van der Waals surface area contributed by atoms with Crippen molar-refractivity contribution in [2.24, 2.45) is 7.05 Å². The standard InChI is InChI=1S/C22H25ClN4O2/c1-24-20(21(23)22(29)27(24)17-7-4-2-3-5-8-17)16-25-11-13-26(14-12-25)18-9-6-10-19(28)15-18/h2-7,9-10,15,28H,8,11-14,16H2,1H3. The van der Waals surface area contributed by atoms with Crippen molar-refractivity contribution in [3.63, 3.8) is 0 Å². The summed E-state index contributed by atoms with van der Waals surface area (Å²) in [6, 6.07) is 7.35. The Morgan fingerprint density at radius 3 is 2.66 bits per heavy atom. The first-order valence-electron chi connectivity index (χ1n) is 9.80. The van der Waals surface area contributed by atoms with Crippen LogP contribution in [0.3, 0.4) is 0 Å². The number of phenols is 1. The Hall–Kier alpha value is -2.70. The van der Waals surface area contributed by atoms with Gasteiger partial charge < -0.3 is 10.0 Å². The second-order valence-corrected chi connectivity index (χ2v) is 7.74. The van der Waals surface area contributed by atoms with E-state index in [2.05, 4.69) is 9.80 Å². The molecule has 0 radical (unpaired) electrons. The topological polar surface area (TPSA) is 53.6 Å². The Morgan fingerprint density at radius 1 is 1.10 bits per heavy atom. The minimum atomic E-state index is -0.169. The number of halogens is 1. The Balaban J connectivity index is 1.49. The number of benzene rings is 1. The summed E-state index contributed by atoms with van der Waals surface area (Å²) in [4.78, 5) is 17.4. The molecule has 0 bridgehead atoms. The van der Waals surface area contributed by atoms with E-state index in [1.54, 1.807) is 16.8 Å². The lowest BCUT2D eigenvalue weighted by atomic mass is 10.2. The van der Waals surface area contributed by atoms with E-state index in [4.69, 9.17) is 11.6 Å². The van der Waals surface area contributed by atoms with Crippen LogP contribution in [0, 0.1) is 0 Å². The van der Waals surface area contributed by atoms with E-state index < -0.39 is 0 Å². The van der Waals surface area contributed by atoms with Gasteiger partial charge in [-0.25, -0.2) is 4.68 Å². The number of aromatic nitrogens is 2. The average Bonchev–Trinajstić information content (AvgIpc) is 2.93. The number of phenolic OH excluding ortho intramolecular Hbond substituents is 1. The molecule has 0 spiro atoms. The molecule has 1 N–H and O–H groups in total. The van der Waals surface area contributed by atoms with Crippen molar-refractivity contribution in [2.75, 3.05) is 31.1 Å². The van der Waals surface area contributed by atoms with Crippen LogP contribution >= 0.6 is 11.6 Å². The molecule has 7 heteroatoms. The van der Waals surface area contributed by atoms with Gasteiger partial charge in [-0.3, -0.25) is 14.4 Å². The molecule has 1 saturated heterocycles. The molecule has 152 valence electrons. The van der Waals surface area contributed by atoms with Crippen LogP contribution in [0.5, 0.6) is 5.75 Å². The summed E-state index contributed by atoms with van der Waals surface area (Å²) >= 11 is 6.46. The normalized spacial score (nSPS) is 17.4. The third-order valence-corrected chi connectivity index (χ3v) is 5.89. The average molecular weight is 413 g/mol. The highest BCUT2D eigenvalue weighted by Crippen LogP contribution is 2.23. The van der Waals surface area contributed by atoms with Crippen LogP contribution in [0.15, 0.2) is 59.4 Å². The number of anilines is 1. The number of hydrogen-bond donors (Lipinski definition) is 1. The Labute approximate surface area is 175 Å². The SMILES string of the molecule is Cn1c(CN2CCN(c3cccc(O)c3)CC2)c(Cl)c(=O)n1C1=CC=CC=CC1. The van der Waals surface area contributed by atoms with Crippen molar-refractivity contribution < 1.29 is 5.11 Å². The van der Waals surface area contributed by atoms with Gasteiger partial charge in [0.1, 0.15) is 10.8 Å². The minimum absolute atomic E-state index is 0.169. The highest BCUT2D eigenvalue weighted by molar-refractivity contribution is 6.31. The molecule has 0 amide bonds. The van der Waals surface area contributed by atoms with Gasteiger partial charge in [-0.1, -0.05) is 42.0 Å². The molecule has 2 aromatic rings. The monoisotopic (exact) mass is 412 g/mol. The first-order chi connectivity index (χ1) is 14.0. The molecule has 29 heavy (non-hydrogen) atoms. The van der Waals surface area contributed by atoms with E-state index >= 15 is 0 Å². The predicted molar refractivity (Wildman–Crippen MR) is 117 cm³/mol. The van der Waals surface area contributed by atoms with Gasteiger partial charge in [0.05, 0.1) is 5.69 Å². The highest BCUT2D eigenvalue weighted by atomic mass is 35.5. The number of nitrogens with zero attached hydrogens (tertiary/aromatic N) is 4. The molecule has 1 aromatic carbocycles. The summed E-state index contributed by atoms with van der Waals surface area (Å²) in [5.74, 6) is 0.283. The number of aromatic hydroxyl groups is 1. The van der Waals surface area contributed by atoms with Gasteiger partial charge in [0.15, 0.2) is 0 Å². The van der Waals surface area contributed by atoms with Gasteiger partial charge in [-0.15, -0.1) is 0 Å². The van der Waals surface area contributed by atoms with E-state index in [1.807, 2.05) is 54.2 Å². The highest BCUT2D eigenvalue weighted by Gasteiger charge is 2.23. The Bertz CT molecular complexity index is 1040. The van der Waals surface area contributed by atoms with E-state index in [1.165, 1.54) is 0 Å². The second kappa shape index (κ2) is 8.35. The maximum absolute atomic E-state index is 12.8. The number of allylic oxidation sites excluding steroid dienone is 6. The van der Waals surface area contributed by atoms with E-state index in [-0.39, 0.29) is 11.3 Å². The minimum Gasteiger partial charge on any atom is -0.508 e. The molecule has 1 fully saturated rings. The summed E-state index contributed by atoms with van der Waals surface area (Å²) < 4.78 is 3.55. The van der Waals surface area contributed by atoms with Crippen LogP contribution in [0.2, 0.25) is 5.02 Å². The van der Waals surface area contributed by atoms with Crippen molar-refractivity contribution in [2.45, 2.75) is 13.0 Å². The van der Waals surface area contributed by atoms with Crippen molar-refractivity contribution in [1.82, 2.24) is 14.3 Å². The zero-order chi connectivity index (χ0) is 20.4. The van der Waals surface area contributed by atoms with Crippen LogP contribution in [-0.2, 0) is 13.6 Å². The van der Waals surface area contributed by atoms with Crippen LogP contribution in [0.1, 0.15) is 12.1 Å². The molecule has 0 saturated carbocycles.